The first-order valence-electron chi connectivity index (χ1n) is 6.35. The molecule has 0 radical (unpaired) electrons. The highest BCUT2D eigenvalue weighted by atomic mass is 16.5. The van der Waals surface area contributed by atoms with Gasteiger partial charge in [-0.25, -0.2) is 0 Å². The molecule has 92 valence electrons. The molecular weight excluding hydrogens is 214 g/mol. The SMILES string of the molecule is Cc1cc(CNC2CCCCCC2C#N)no1. The van der Waals surface area contributed by atoms with Gasteiger partial charge in [0.2, 0.25) is 0 Å². The summed E-state index contributed by atoms with van der Waals surface area (Å²) in [7, 11) is 0. The average Bonchev–Trinajstić information content (AvgIpc) is 2.63. The third-order valence-electron chi connectivity index (χ3n) is 3.40. The van der Waals surface area contributed by atoms with Crippen LogP contribution in [0.2, 0.25) is 0 Å². The largest absolute Gasteiger partial charge is 0.361 e. The van der Waals surface area contributed by atoms with E-state index in [0.717, 1.165) is 24.3 Å². The van der Waals surface area contributed by atoms with Crippen molar-refractivity contribution in [2.24, 2.45) is 5.92 Å². The minimum atomic E-state index is 0.144. The fourth-order valence-electron chi connectivity index (χ4n) is 2.44. The Morgan fingerprint density at radius 3 is 3.00 bits per heavy atom. The first kappa shape index (κ1) is 12.1. The summed E-state index contributed by atoms with van der Waals surface area (Å²) in [6.07, 6.45) is 5.76. The van der Waals surface area contributed by atoms with Crippen LogP contribution in [0.1, 0.15) is 43.6 Å². The molecular formula is C13H19N3O. The summed E-state index contributed by atoms with van der Waals surface area (Å²) in [6.45, 7) is 2.58. The number of hydrogen-bond donors (Lipinski definition) is 1. The number of aryl methyl sites for hydroxylation is 1. The number of nitrogens with zero attached hydrogens (tertiary/aromatic N) is 2. The number of aromatic nitrogens is 1. The fraction of sp³-hybridized carbons (Fsp3) is 0.692. The summed E-state index contributed by atoms with van der Waals surface area (Å²) >= 11 is 0. The molecule has 17 heavy (non-hydrogen) atoms. The smallest absolute Gasteiger partial charge is 0.133 e. The van der Waals surface area contributed by atoms with Gasteiger partial charge in [-0.05, 0) is 19.8 Å². The first-order chi connectivity index (χ1) is 8.29. The zero-order chi connectivity index (χ0) is 12.1. The van der Waals surface area contributed by atoms with Crippen LogP contribution < -0.4 is 5.32 Å². The molecule has 0 aromatic carbocycles. The Labute approximate surface area is 102 Å². The zero-order valence-corrected chi connectivity index (χ0v) is 10.3. The van der Waals surface area contributed by atoms with Crippen LogP contribution in [0.15, 0.2) is 10.6 Å². The van der Waals surface area contributed by atoms with Crippen molar-refractivity contribution in [2.45, 2.75) is 51.6 Å². The van der Waals surface area contributed by atoms with Crippen molar-refractivity contribution in [1.82, 2.24) is 10.5 Å². The van der Waals surface area contributed by atoms with Crippen LogP contribution in [0.5, 0.6) is 0 Å². The molecule has 0 saturated heterocycles. The molecule has 2 unspecified atom stereocenters. The standard InChI is InChI=1S/C13H19N3O/c1-10-7-12(16-17-10)9-15-13-6-4-2-3-5-11(13)8-14/h7,11,13,15H,2-6,9H2,1H3. The Morgan fingerprint density at radius 1 is 1.47 bits per heavy atom. The van der Waals surface area contributed by atoms with Crippen LogP contribution in [0.3, 0.4) is 0 Å². The summed E-state index contributed by atoms with van der Waals surface area (Å²) in [4.78, 5) is 0. The summed E-state index contributed by atoms with van der Waals surface area (Å²) in [5.41, 5.74) is 0.920. The molecule has 1 aliphatic carbocycles. The van der Waals surface area contributed by atoms with Crippen molar-refractivity contribution in [2.75, 3.05) is 0 Å². The van der Waals surface area contributed by atoms with Crippen LogP contribution in [0, 0.1) is 24.2 Å². The van der Waals surface area contributed by atoms with E-state index in [1.165, 1.54) is 19.3 Å². The Bertz CT molecular complexity index is 394. The molecule has 1 aromatic heterocycles. The lowest BCUT2D eigenvalue weighted by atomic mass is 9.96. The molecule has 1 heterocycles. The van der Waals surface area contributed by atoms with Gasteiger partial charge in [-0.3, -0.25) is 0 Å². The molecule has 4 nitrogen and oxygen atoms in total. The molecule has 1 N–H and O–H groups in total. The van der Waals surface area contributed by atoms with E-state index < -0.39 is 0 Å². The molecule has 0 amide bonds. The van der Waals surface area contributed by atoms with Crippen LogP contribution in [0.25, 0.3) is 0 Å². The minimum absolute atomic E-state index is 0.144. The summed E-state index contributed by atoms with van der Waals surface area (Å²) in [6, 6.07) is 4.67. The molecule has 2 rings (SSSR count). The Balaban J connectivity index is 1.90. The van der Waals surface area contributed by atoms with E-state index in [1.54, 1.807) is 0 Å². The third-order valence-corrected chi connectivity index (χ3v) is 3.40. The molecule has 0 bridgehead atoms. The van der Waals surface area contributed by atoms with E-state index in [0.29, 0.717) is 12.6 Å². The highest BCUT2D eigenvalue weighted by Gasteiger charge is 2.23. The van der Waals surface area contributed by atoms with Gasteiger partial charge in [0, 0.05) is 18.7 Å². The molecule has 1 aliphatic rings. The molecule has 1 fully saturated rings. The molecule has 4 heteroatoms. The Morgan fingerprint density at radius 2 is 2.29 bits per heavy atom. The lowest BCUT2D eigenvalue weighted by molar-refractivity contribution is 0.368. The van der Waals surface area contributed by atoms with Crippen molar-refractivity contribution in [3.63, 3.8) is 0 Å². The van der Waals surface area contributed by atoms with Gasteiger partial charge in [0.15, 0.2) is 0 Å². The van der Waals surface area contributed by atoms with Crippen molar-refractivity contribution in [1.29, 1.82) is 5.26 Å². The van der Waals surface area contributed by atoms with Crippen LogP contribution in [0.4, 0.5) is 0 Å². The van der Waals surface area contributed by atoms with E-state index in [1.807, 2.05) is 13.0 Å². The Kier molecular flexibility index (Phi) is 4.16. The van der Waals surface area contributed by atoms with E-state index in [-0.39, 0.29) is 5.92 Å². The van der Waals surface area contributed by atoms with E-state index in [2.05, 4.69) is 16.5 Å². The molecule has 2 atom stereocenters. The van der Waals surface area contributed by atoms with Gasteiger partial charge < -0.3 is 9.84 Å². The normalized spacial score (nSPS) is 25.2. The number of hydrogen-bond acceptors (Lipinski definition) is 4. The predicted molar refractivity (Wildman–Crippen MR) is 64.1 cm³/mol. The Hall–Kier alpha value is -1.34. The summed E-state index contributed by atoms with van der Waals surface area (Å²) in [5.74, 6) is 0.977. The van der Waals surface area contributed by atoms with Gasteiger partial charge in [0.25, 0.3) is 0 Å². The van der Waals surface area contributed by atoms with Crippen LogP contribution >= 0.6 is 0 Å². The van der Waals surface area contributed by atoms with E-state index in [4.69, 9.17) is 9.78 Å². The fourth-order valence-corrected chi connectivity index (χ4v) is 2.44. The molecule has 0 spiro atoms. The predicted octanol–water partition coefficient (Wildman–Crippen LogP) is 2.55. The zero-order valence-electron chi connectivity index (χ0n) is 10.3. The van der Waals surface area contributed by atoms with Gasteiger partial charge in [0.1, 0.15) is 5.76 Å². The topological polar surface area (TPSA) is 61.9 Å². The maximum absolute atomic E-state index is 9.16. The van der Waals surface area contributed by atoms with Crippen molar-refractivity contribution < 1.29 is 4.52 Å². The molecule has 0 aliphatic heterocycles. The van der Waals surface area contributed by atoms with Crippen molar-refractivity contribution >= 4 is 0 Å². The maximum atomic E-state index is 9.16. The second kappa shape index (κ2) is 5.83. The number of nitriles is 1. The van der Waals surface area contributed by atoms with Gasteiger partial charge in [0.05, 0.1) is 17.7 Å². The summed E-state index contributed by atoms with van der Waals surface area (Å²) in [5, 5.41) is 16.6. The van der Waals surface area contributed by atoms with Crippen molar-refractivity contribution in [3.05, 3.63) is 17.5 Å². The molecule has 1 aromatic rings. The van der Waals surface area contributed by atoms with Gasteiger partial charge in [-0.1, -0.05) is 24.4 Å². The van der Waals surface area contributed by atoms with Gasteiger partial charge in [-0.15, -0.1) is 0 Å². The highest BCUT2D eigenvalue weighted by molar-refractivity contribution is 5.04. The van der Waals surface area contributed by atoms with E-state index >= 15 is 0 Å². The number of nitrogens with one attached hydrogen (secondary N) is 1. The minimum Gasteiger partial charge on any atom is -0.361 e. The summed E-state index contributed by atoms with van der Waals surface area (Å²) < 4.78 is 5.03. The average molecular weight is 233 g/mol. The van der Waals surface area contributed by atoms with Crippen molar-refractivity contribution in [3.8, 4) is 6.07 Å². The van der Waals surface area contributed by atoms with Crippen LogP contribution in [-0.4, -0.2) is 11.2 Å². The second-order valence-corrected chi connectivity index (χ2v) is 4.79. The lowest BCUT2D eigenvalue weighted by Gasteiger charge is -2.20. The monoisotopic (exact) mass is 233 g/mol. The van der Waals surface area contributed by atoms with Gasteiger partial charge >= 0.3 is 0 Å². The number of rotatable bonds is 3. The highest BCUT2D eigenvalue weighted by Crippen LogP contribution is 2.23. The lowest BCUT2D eigenvalue weighted by Crippen LogP contribution is -2.34. The second-order valence-electron chi connectivity index (χ2n) is 4.79. The van der Waals surface area contributed by atoms with Crippen LogP contribution in [-0.2, 0) is 6.54 Å². The van der Waals surface area contributed by atoms with Gasteiger partial charge in [-0.2, -0.15) is 5.26 Å². The van der Waals surface area contributed by atoms with E-state index in [9.17, 15) is 0 Å². The molecule has 1 saturated carbocycles. The maximum Gasteiger partial charge on any atom is 0.133 e. The third kappa shape index (κ3) is 3.31. The quantitative estimate of drug-likeness (QED) is 0.815. The first-order valence-corrected chi connectivity index (χ1v) is 6.35.